The molecule has 0 aliphatic carbocycles. The van der Waals surface area contributed by atoms with Crippen LogP contribution in [-0.4, -0.2) is 33.0 Å². The summed E-state index contributed by atoms with van der Waals surface area (Å²) >= 11 is 0. The zero-order valence-corrected chi connectivity index (χ0v) is 11.5. The van der Waals surface area contributed by atoms with Gasteiger partial charge < -0.3 is 16.2 Å². The monoisotopic (exact) mass is 328 g/mol. The second-order valence-corrected chi connectivity index (χ2v) is 4.62. The van der Waals surface area contributed by atoms with Gasteiger partial charge in [-0.3, -0.25) is 4.79 Å². The molecule has 1 heterocycles. The maximum absolute atomic E-state index is 12.9. The van der Waals surface area contributed by atoms with E-state index in [9.17, 15) is 22.8 Å². The summed E-state index contributed by atoms with van der Waals surface area (Å²) in [6.07, 6.45) is -5.40. The van der Waals surface area contributed by atoms with E-state index in [-0.39, 0.29) is 16.7 Å². The first kappa shape index (κ1) is 16.5. The van der Waals surface area contributed by atoms with Crippen molar-refractivity contribution in [2.45, 2.75) is 18.6 Å². The van der Waals surface area contributed by atoms with Crippen molar-refractivity contribution >= 4 is 28.6 Å². The number of aromatic nitrogens is 2. The number of carboxylic acid groups (broad SMARTS) is 1. The number of primary amides is 1. The van der Waals surface area contributed by atoms with E-state index in [4.69, 9.17) is 10.8 Å². The van der Waals surface area contributed by atoms with E-state index < -0.39 is 36.3 Å². The van der Waals surface area contributed by atoms with Crippen molar-refractivity contribution in [2.75, 3.05) is 5.32 Å². The molecule has 1 atom stereocenters. The number of nitrogens with two attached hydrogens (primary N) is 1. The Hall–Kier alpha value is -2.91. The number of nitrogens with zero attached hydrogens (tertiary/aromatic N) is 2. The number of carbonyl (C=O) groups is 2. The first-order chi connectivity index (χ1) is 10.7. The summed E-state index contributed by atoms with van der Waals surface area (Å²) in [5, 5.41) is 11.6. The molecule has 0 spiro atoms. The van der Waals surface area contributed by atoms with E-state index >= 15 is 0 Å². The molecule has 0 fully saturated rings. The summed E-state index contributed by atoms with van der Waals surface area (Å²) in [6, 6.07) is 4.28. The number of hydrogen-bond donors (Lipinski definition) is 3. The lowest BCUT2D eigenvalue weighted by Gasteiger charge is -2.16. The van der Waals surface area contributed by atoms with Crippen LogP contribution in [0.4, 0.5) is 19.0 Å². The summed E-state index contributed by atoms with van der Waals surface area (Å²) < 4.78 is 38.6. The molecule has 1 amide bonds. The van der Waals surface area contributed by atoms with Crippen molar-refractivity contribution in [3.8, 4) is 0 Å². The van der Waals surface area contributed by atoms with Crippen LogP contribution < -0.4 is 11.1 Å². The van der Waals surface area contributed by atoms with Crippen LogP contribution in [-0.2, 0) is 15.8 Å². The van der Waals surface area contributed by atoms with Gasteiger partial charge in [-0.2, -0.15) is 13.2 Å². The number of hydrogen-bond acceptors (Lipinski definition) is 5. The highest BCUT2D eigenvalue weighted by molar-refractivity contribution is 5.92. The maximum atomic E-state index is 12.9. The van der Waals surface area contributed by atoms with E-state index in [1.807, 2.05) is 0 Å². The molecule has 7 nitrogen and oxygen atoms in total. The smallest absolute Gasteiger partial charge is 0.451 e. The summed E-state index contributed by atoms with van der Waals surface area (Å²) in [6.45, 7) is 0. The zero-order chi connectivity index (χ0) is 17.2. The van der Waals surface area contributed by atoms with Crippen molar-refractivity contribution < 1.29 is 27.9 Å². The van der Waals surface area contributed by atoms with Crippen molar-refractivity contribution in [3.05, 3.63) is 30.1 Å². The fraction of sp³-hybridized carbons (Fsp3) is 0.231. The topological polar surface area (TPSA) is 118 Å². The number of nitrogens with one attached hydrogen (secondary N) is 1. The van der Waals surface area contributed by atoms with Gasteiger partial charge in [0.2, 0.25) is 11.7 Å². The molecule has 2 aromatic rings. The van der Waals surface area contributed by atoms with Gasteiger partial charge in [0.1, 0.15) is 11.9 Å². The van der Waals surface area contributed by atoms with Gasteiger partial charge in [-0.25, -0.2) is 14.8 Å². The van der Waals surface area contributed by atoms with Crippen molar-refractivity contribution in [1.29, 1.82) is 0 Å². The summed E-state index contributed by atoms with van der Waals surface area (Å²) in [4.78, 5) is 28.8. The number of carbonyl (C=O) groups excluding carboxylic acids is 1. The lowest BCUT2D eigenvalue weighted by Crippen LogP contribution is -2.34. The number of fused-ring (bicyclic) bond motifs is 1. The molecule has 2 rings (SSSR count). The van der Waals surface area contributed by atoms with Gasteiger partial charge in [0.05, 0.1) is 11.9 Å². The molecular weight excluding hydrogens is 317 g/mol. The number of alkyl halides is 3. The third-order valence-corrected chi connectivity index (χ3v) is 2.87. The van der Waals surface area contributed by atoms with Gasteiger partial charge in [0.25, 0.3) is 0 Å². The molecule has 10 heteroatoms. The molecule has 0 radical (unpaired) electrons. The van der Waals surface area contributed by atoms with E-state index in [0.29, 0.717) is 0 Å². The number of benzene rings is 1. The zero-order valence-electron chi connectivity index (χ0n) is 11.5. The normalized spacial score (nSPS) is 12.8. The highest BCUT2D eigenvalue weighted by Crippen LogP contribution is 2.30. The van der Waals surface area contributed by atoms with Crippen LogP contribution in [0.15, 0.2) is 24.3 Å². The second kappa shape index (κ2) is 6.07. The van der Waals surface area contributed by atoms with E-state index in [0.717, 1.165) is 0 Å². The third-order valence-electron chi connectivity index (χ3n) is 2.87. The Morgan fingerprint density at radius 1 is 1.26 bits per heavy atom. The van der Waals surface area contributed by atoms with Gasteiger partial charge in [-0.05, 0) is 12.1 Å². The van der Waals surface area contributed by atoms with Crippen LogP contribution in [0.1, 0.15) is 12.2 Å². The molecule has 0 aliphatic heterocycles. The molecular formula is C13H11F3N4O3. The number of carboxylic acids is 1. The number of rotatable bonds is 5. The average Bonchev–Trinajstić information content (AvgIpc) is 2.44. The van der Waals surface area contributed by atoms with Gasteiger partial charge in [-0.15, -0.1) is 0 Å². The Kier molecular flexibility index (Phi) is 4.34. The minimum atomic E-state index is -4.80. The lowest BCUT2D eigenvalue weighted by atomic mass is 10.1. The average molecular weight is 328 g/mol. The van der Waals surface area contributed by atoms with E-state index in [2.05, 4.69) is 15.3 Å². The summed E-state index contributed by atoms with van der Waals surface area (Å²) in [5.41, 5.74) is 4.93. The quantitative estimate of drug-likeness (QED) is 0.763. The predicted octanol–water partition coefficient (Wildman–Crippen LogP) is 1.39. The van der Waals surface area contributed by atoms with Crippen LogP contribution in [0.2, 0.25) is 0 Å². The molecule has 0 saturated carbocycles. The number of aliphatic carboxylic acids is 1. The molecule has 122 valence electrons. The maximum Gasteiger partial charge on any atom is 0.451 e. The molecule has 0 bridgehead atoms. The molecule has 1 unspecified atom stereocenters. The molecule has 4 N–H and O–H groups in total. The lowest BCUT2D eigenvalue weighted by molar-refractivity contribution is -0.144. The highest BCUT2D eigenvalue weighted by atomic mass is 19.4. The third kappa shape index (κ3) is 3.84. The van der Waals surface area contributed by atoms with Gasteiger partial charge in [0.15, 0.2) is 0 Å². The molecule has 0 aliphatic rings. The molecule has 1 aromatic carbocycles. The fourth-order valence-corrected chi connectivity index (χ4v) is 1.88. The molecule has 1 aromatic heterocycles. The second-order valence-electron chi connectivity index (χ2n) is 4.62. The number of amides is 1. The Morgan fingerprint density at radius 3 is 2.48 bits per heavy atom. The number of para-hydroxylation sites is 1. The fourth-order valence-electron chi connectivity index (χ4n) is 1.88. The summed E-state index contributed by atoms with van der Waals surface area (Å²) in [5.74, 6) is -4.11. The van der Waals surface area contributed by atoms with Crippen molar-refractivity contribution in [1.82, 2.24) is 9.97 Å². The molecule has 0 saturated heterocycles. The van der Waals surface area contributed by atoms with Crippen LogP contribution >= 0.6 is 0 Å². The Bertz CT molecular complexity index is 764. The first-order valence-electron chi connectivity index (χ1n) is 6.30. The SMILES string of the molecule is NC(=O)CC(Nc1nc(C(F)(F)F)nc2ccccc12)C(=O)O. The minimum Gasteiger partial charge on any atom is -0.480 e. The highest BCUT2D eigenvalue weighted by Gasteiger charge is 2.36. The van der Waals surface area contributed by atoms with E-state index in [1.54, 1.807) is 0 Å². The van der Waals surface area contributed by atoms with Crippen LogP contribution in [0.5, 0.6) is 0 Å². The molecule has 23 heavy (non-hydrogen) atoms. The number of halogens is 3. The first-order valence-corrected chi connectivity index (χ1v) is 6.30. The minimum absolute atomic E-state index is 0.0134. The van der Waals surface area contributed by atoms with Crippen LogP contribution in [0, 0.1) is 0 Å². The van der Waals surface area contributed by atoms with Gasteiger partial charge >= 0.3 is 12.1 Å². The van der Waals surface area contributed by atoms with Gasteiger partial charge in [0, 0.05) is 5.39 Å². The Balaban J connectivity index is 2.53. The van der Waals surface area contributed by atoms with Crippen molar-refractivity contribution in [2.24, 2.45) is 5.73 Å². The number of anilines is 1. The largest absolute Gasteiger partial charge is 0.480 e. The summed E-state index contributed by atoms with van der Waals surface area (Å²) in [7, 11) is 0. The Labute approximate surface area is 127 Å². The van der Waals surface area contributed by atoms with E-state index in [1.165, 1.54) is 24.3 Å². The van der Waals surface area contributed by atoms with Gasteiger partial charge in [-0.1, -0.05) is 12.1 Å². The standard InChI is InChI=1S/C13H11F3N4O3/c14-13(15,16)12-19-7-4-2-1-3-6(7)10(20-12)18-8(11(22)23)5-9(17)21/h1-4,8H,5H2,(H2,17,21)(H,22,23)(H,18,19,20). The van der Waals surface area contributed by atoms with Crippen molar-refractivity contribution in [3.63, 3.8) is 0 Å². The van der Waals surface area contributed by atoms with Crippen LogP contribution in [0.25, 0.3) is 10.9 Å². The van der Waals surface area contributed by atoms with Crippen LogP contribution in [0.3, 0.4) is 0 Å². The Morgan fingerprint density at radius 2 is 1.91 bits per heavy atom. The predicted molar refractivity (Wildman–Crippen MR) is 73.4 cm³/mol.